The molecule has 0 fully saturated rings. The highest BCUT2D eigenvalue weighted by Gasteiger charge is 1.81. The second-order valence-corrected chi connectivity index (χ2v) is 2.34. The topological polar surface area (TPSA) is 26.3 Å². The van der Waals surface area contributed by atoms with E-state index in [9.17, 15) is 4.79 Å². The third kappa shape index (κ3) is 8.71. The highest BCUT2D eigenvalue weighted by atomic mass is 28.1. The Kier molecular flexibility index (Phi) is 11.1. The van der Waals surface area contributed by atoms with E-state index in [0.717, 1.165) is 6.08 Å². The minimum Gasteiger partial charge on any atom is -0.466 e. The molecule has 0 radical (unpaired) electrons. The number of hydrogen-bond acceptors (Lipinski definition) is 2. The number of ether oxygens (including phenoxy) is 1. The summed E-state index contributed by atoms with van der Waals surface area (Å²) in [6, 6.07) is 10.0. The summed E-state index contributed by atoms with van der Waals surface area (Å²) in [6.07, 6.45) is 2.94. The van der Waals surface area contributed by atoms with Crippen LogP contribution in [0.25, 0.3) is 6.08 Å². The van der Waals surface area contributed by atoms with Crippen LogP contribution in [0.1, 0.15) is 5.56 Å². The maximum atomic E-state index is 9.84. The van der Waals surface area contributed by atoms with Crippen molar-refractivity contribution in [3.8, 4) is 0 Å². The molecule has 82 valence electrons. The zero-order valence-corrected chi connectivity index (χ0v) is 8.27. The number of methoxy groups -OCH3 is 1. The third-order valence-corrected chi connectivity index (χ3v) is 1.40. The lowest BCUT2D eigenvalue weighted by Gasteiger charge is -1.85. The second kappa shape index (κ2) is 10.5. The van der Waals surface area contributed by atoms with Crippen molar-refractivity contribution in [1.29, 1.82) is 0 Å². The average molecular weight is 222 g/mol. The Hall–Kier alpha value is -1.61. The molecule has 0 aliphatic carbocycles. The maximum Gasteiger partial charge on any atom is 0.329 e. The van der Waals surface area contributed by atoms with Gasteiger partial charge in [0.15, 0.2) is 0 Å². The van der Waals surface area contributed by atoms with E-state index in [4.69, 9.17) is 0 Å². The Morgan fingerprint density at radius 2 is 1.80 bits per heavy atom. The first-order valence-electron chi connectivity index (χ1n) is 4.12. The molecule has 0 aliphatic rings. The number of esters is 1. The lowest BCUT2D eigenvalue weighted by atomic mass is 10.2. The van der Waals surface area contributed by atoms with Gasteiger partial charge in [-0.1, -0.05) is 49.6 Å². The largest absolute Gasteiger partial charge is 0.466 e. The van der Waals surface area contributed by atoms with E-state index in [1.807, 2.05) is 36.4 Å². The van der Waals surface area contributed by atoms with Gasteiger partial charge in [0.2, 0.25) is 0 Å². The Morgan fingerprint density at radius 3 is 2.00 bits per heavy atom. The molecule has 0 N–H and O–H groups in total. The van der Waals surface area contributed by atoms with Gasteiger partial charge in [-0.25, -0.2) is 4.79 Å². The van der Waals surface area contributed by atoms with Gasteiger partial charge in [0.25, 0.3) is 0 Å². The van der Waals surface area contributed by atoms with Crippen LogP contribution in [0.5, 0.6) is 0 Å². The summed E-state index contributed by atoms with van der Waals surface area (Å²) in [6.45, 7) is 6.79. The van der Waals surface area contributed by atoms with Gasteiger partial charge >= 0.3 is 5.97 Å². The van der Waals surface area contributed by atoms with Gasteiger partial charge in [-0.2, -0.15) is 0 Å². The van der Waals surface area contributed by atoms with Crippen molar-refractivity contribution in [3.63, 3.8) is 0 Å². The highest BCUT2D eigenvalue weighted by Crippen LogP contribution is 1.97. The molecular weight excluding hydrogens is 204 g/mol. The number of benzene rings is 1. The Morgan fingerprint density at radius 1 is 1.27 bits per heavy atom. The van der Waals surface area contributed by atoms with Crippen molar-refractivity contribution in [2.45, 2.75) is 0 Å². The molecule has 0 saturated heterocycles. The fourth-order valence-electron chi connectivity index (χ4n) is 0.672. The van der Waals surface area contributed by atoms with Crippen LogP contribution in [0.15, 0.2) is 49.6 Å². The SMILES string of the molecule is C=CC(=O)OC.C=Cc1ccccc1.[SiH4]. The van der Waals surface area contributed by atoms with Crippen LogP contribution >= 0.6 is 0 Å². The van der Waals surface area contributed by atoms with Crippen LogP contribution < -0.4 is 0 Å². The molecule has 3 heteroatoms. The molecule has 0 amide bonds. The van der Waals surface area contributed by atoms with E-state index >= 15 is 0 Å². The van der Waals surface area contributed by atoms with Crippen molar-refractivity contribution in [3.05, 3.63) is 55.1 Å². The van der Waals surface area contributed by atoms with Crippen molar-refractivity contribution >= 4 is 23.0 Å². The number of carbonyl (C=O) groups excluding carboxylic acids is 1. The van der Waals surface area contributed by atoms with Crippen LogP contribution in [0.3, 0.4) is 0 Å². The van der Waals surface area contributed by atoms with Crippen molar-refractivity contribution < 1.29 is 9.53 Å². The van der Waals surface area contributed by atoms with E-state index in [-0.39, 0.29) is 11.0 Å². The molecule has 1 aromatic rings. The Labute approximate surface area is 95.3 Å². The van der Waals surface area contributed by atoms with Crippen LogP contribution in [0.2, 0.25) is 0 Å². The first kappa shape index (κ1) is 15.8. The summed E-state index contributed by atoms with van der Waals surface area (Å²) in [4.78, 5) is 9.84. The summed E-state index contributed by atoms with van der Waals surface area (Å²) < 4.78 is 4.14. The number of carbonyl (C=O) groups is 1. The summed E-state index contributed by atoms with van der Waals surface area (Å²) in [5, 5.41) is 0. The number of rotatable bonds is 2. The standard InChI is InChI=1S/C8H8.C4H6O2.H4Si/c1-2-8-6-4-3-5-7-8;1-3-4(5)6-2;/h2-7H,1H2;3H,1H2,2H3;1H4. The molecular formula is C12H18O2Si. The summed E-state index contributed by atoms with van der Waals surface area (Å²) >= 11 is 0. The fourth-order valence-corrected chi connectivity index (χ4v) is 0.672. The molecule has 1 aromatic carbocycles. The second-order valence-electron chi connectivity index (χ2n) is 2.34. The molecule has 0 atom stereocenters. The molecule has 2 nitrogen and oxygen atoms in total. The third-order valence-electron chi connectivity index (χ3n) is 1.40. The maximum absolute atomic E-state index is 9.84. The van der Waals surface area contributed by atoms with Crippen LogP contribution in [0, 0.1) is 0 Å². The van der Waals surface area contributed by atoms with E-state index in [1.165, 1.54) is 12.7 Å². The summed E-state index contributed by atoms with van der Waals surface area (Å²) in [7, 11) is 1.31. The molecule has 0 heterocycles. The summed E-state index contributed by atoms with van der Waals surface area (Å²) in [5.41, 5.74) is 1.17. The first-order chi connectivity index (χ1) is 6.74. The lowest BCUT2D eigenvalue weighted by molar-refractivity contribution is -0.134. The molecule has 0 aromatic heterocycles. The van der Waals surface area contributed by atoms with Crippen molar-refractivity contribution in [2.24, 2.45) is 0 Å². The van der Waals surface area contributed by atoms with Gasteiger partial charge in [0.1, 0.15) is 0 Å². The zero-order valence-electron chi connectivity index (χ0n) is 8.27. The van der Waals surface area contributed by atoms with Gasteiger partial charge in [-0.15, -0.1) is 0 Å². The first-order valence-corrected chi connectivity index (χ1v) is 4.12. The summed E-state index contributed by atoms with van der Waals surface area (Å²) in [5.74, 6) is -0.394. The molecule has 0 saturated carbocycles. The smallest absolute Gasteiger partial charge is 0.329 e. The predicted molar refractivity (Wildman–Crippen MR) is 70.1 cm³/mol. The van der Waals surface area contributed by atoms with Gasteiger partial charge in [-0.05, 0) is 16.5 Å². The van der Waals surface area contributed by atoms with Crippen LogP contribution in [0.4, 0.5) is 0 Å². The molecule has 0 spiro atoms. The normalized spacial score (nSPS) is 7.27. The fraction of sp³-hybridized carbons (Fsp3) is 0.0833. The molecule has 0 bridgehead atoms. The van der Waals surface area contributed by atoms with Gasteiger partial charge in [-0.3, -0.25) is 0 Å². The van der Waals surface area contributed by atoms with E-state index in [2.05, 4.69) is 17.9 Å². The number of hydrogen-bond donors (Lipinski definition) is 0. The van der Waals surface area contributed by atoms with E-state index < -0.39 is 5.97 Å². The quantitative estimate of drug-likeness (QED) is 0.427. The average Bonchev–Trinajstić information content (AvgIpc) is 2.30. The highest BCUT2D eigenvalue weighted by molar-refractivity contribution is 5.80. The van der Waals surface area contributed by atoms with E-state index in [0.29, 0.717) is 0 Å². The van der Waals surface area contributed by atoms with E-state index in [1.54, 1.807) is 0 Å². The molecule has 1 rings (SSSR count). The lowest BCUT2D eigenvalue weighted by Crippen LogP contribution is -1.91. The van der Waals surface area contributed by atoms with Gasteiger partial charge in [0, 0.05) is 6.08 Å². The van der Waals surface area contributed by atoms with Gasteiger partial charge in [0.05, 0.1) is 7.11 Å². The molecule has 15 heavy (non-hydrogen) atoms. The molecule has 0 unspecified atom stereocenters. The van der Waals surface area contributed by atoms with Crippen LogP contribution in [-0.2, 0) is 9.53 Å². The zero-order chi connectivity index (χ0) is 10.8. The minimum absolute atomic E-state index is 0. The van der Waals surface area contributed by atoms with Gasteiger partial charge < -0.3 is 4.74 Å². The molecule has 0 aliphatic heterocycles. The Balaban J connectivity index is 0. The monoisotopic (exact) mass is 222 g/mol. The van der Waals surface area contributed by atoms with Crippen molar-refractivity contribution in [2.75, 3.05) is 7.11 Å². The van der Waals surface area contributed by atoms with Crippen molar-refractivity contribution in [1.82, 2.24) is 0 Å². The Bertz CT molecular complexity index is 294. The van der Waals surface area contributed by atoms with Crippen LogP contribution in [-0.4, -0.2) is 24.0 Å². The minimum atomic E-state index is -0.394. The predicted octanol–water partition coefficient (Wildman–Crippen LogP) is 1.22.